The lowest BCUT2D eigenvalue weighted by Crippen LogP contribution is -2.40. The Morgan fingerprint density at radius 2 is 1.86 bits per heavy atom. The SMILES string of the molecule is CN1CCC[C@@H](Nc2nnc(-c3ccc(C(F)(F)F)cc3)c3ccncc23)C1. The lowest BCUT2D eigenvalue weighted by molar-refractivity contribution is -0.137. The Balaban J connectivity index is 1.69. The van der Waals surface area contributed by atoms with Crippen LogP contribution < -0.4 is 5.32 Å². The molecule has 5 nitrogen and oxygen atoms in total. The minimum atomic E-state index is -4.36. The van der Waals surface area contributed by atoms with Crippen LogP contribution in [-0.4, -0.2) is 46.3 Å². The Labute approximate surface area is 160 Å². The normalized spacial score (nSPS) is 18.4. The molecule has 1 aliphatic rings. The Morgan fingerprint density at radius 1 is 1.07 bits per heavy atom. The van der Waals surface area contributed by atoms with Crippen molar-refractivity contribution in [1.82, 2.24) is 20.1 Å². The number of rotatable bonds is 3. The van der Waals surface area contributed by atoms with Crippen LogP contribution in [0.5, 0.6) is 0 Å². The van der Waals surface area contributed by atoms with Crippen molar-refractivity contribution in [3.8, 4) is 11.3 Å². The molecule has 1 aliphatic heterocycles. The van der Waals surface area contributed by atoms with E-state index in [4.69, 9.17) is 0 Å². The number of aromatic nitrogens is 3. The summed E-state index contributed by atoms with van der Waals surface area (Å²) < 4.78 is 38.5. The molecule has 2 aromatic heterocycles. The molecule has 1 fully saturated rings. The average molecular weight is 387 g/mol. The average Bonchev–Trinajstić information content (AvgIpc) is 2.68. The van der Waals surface area contributed by atoms with Gasteiger partial charge in [0.1, 0.15) is 5.69 Å². The van der Waals surface area contributed by atoms with Gasteiger partial charge in [-0.05, 0) is 44.6 Å². The molecule has 3 aromatic rings. The number of nitrogens with zero attached hydrogens (tertiary/aromatic N) is 4. The molecule has 1 atom stereocenters. The van der Waals surface area contributed by atoms with E-state index in [-0.39, 0.29) is 6.04 Å². The van der Waals surface area contributed by atoms with E-state index < -0.39 is 11.7 Å². The van der Waals surface area contributed by atoms with Gasteiger partial charge in [0.25, 0.3) is 0 Å². The summed E-state index contributed by atoms with van der Waals surface area (Å²) >= 11 is 0. The highest BCUT2D eigenvalue weighted by atomic mass is 19.4. The highest BCUT2D eigenvalue weighted by Crippen LogP contribution is 2.33. The van der Waals surface area contributed by atoms with Gasteiger partial charge in [-0.15, -0.1) is 10.2 Å². The Bertz CT molecular complexity index is 972. The Kier molecular flexibility index (Phi) is 4.89. The Hall–Kier alpha value is -2.74. The van der Waals surface area contributed by atoms with Crippen LogP contribution in [0.25, 0.3) is 22.0 Å². The zero-order chi connectivity index (χ0) is 19.7. The van der Waals surface area contributed by atoms with Crippen LogP contribution in [-0.2, 0) is 6.18 Å². The monoisotopic (exact) mass is 387 g/mol. The molecule has 1 aromatic carbocycles. The first-order valence-corrected chi connectivity index (χ1v) is 9.15. The van der Waals surface area contributed by atoms with Gasteiger partial charge in [0.15, 0.2) is 5.82 Å². The number of fused-ring (bicyclic) bond motifs is 1. The van der Waals surface area contributed by atoms with E-state index >= 15 is 0 Å². The second-order valence-electron chi connectivity index (χ2n) is 7.14. The van der Waals surface area contributed by atoms with Gasteiger partial charge in [0.2, 0.25) is 0 Å². The highest BCUT2D eigenvalue weighted by molar-refractivity contribution is 5.99. The van der Waals surface area contributed by atoms with Crippen LogP contribution in [0.4, 0.5) is 19.0 Å². The van der Waals surface area contributed by atoms with Gasteiger partial charge in [-0.25, -0.2) is 0 Å². The Morgan fingerprint density at radius 3 is 2.57 bits per heavy atom. The molecule has 0 amide bonds. The number of hydrogen-bond acceptors (Lipinski definition) is 5. The maximum Gasteiger partial charge on any atom is 0.416 e. The van der Waals surface area contributed by atoms with Crippen LogP contribution in [0, 0.1) is 0 Å². The molecule has 0 bridgehead atoms. The summed E-state index contributed by atoms with van der Waals surface area (Å²) in [6.07, 6.45) is 1.16. The summed E-state index contributed by atoms with van der Waals surface area (Å²) in [5, 5.41) is 13.7. The van der Waals surface area contributed by atoms with E-state index in [2.05, 4.69) is 32.4 Å². The number of pyridine rings is 1. The van der Waals surface area contributed by atoms with Gasteiger partial charge in [0, 0.05) is 41.3 Å². The molecule has 4 rings (SSSR count). The number of hydrogen-bond donors (Lipinski definition) is 1. The standard InChI is InChI=1S/C20H20F3N5/c1-28-10-2-3-15(12-28)25-19-17-11-24-9-8-16(17)18(26-27-19)13-4-6-14(7-5-13)20(21,22)23/h4-9,11,15H,2-3,10,12H2,1H3,(H,25,27)/t15-/m1/s1. The van der Waals surface area contributed by atoms with E-state index in [9.17, 15) is 13.2 Å². The molecule has 146 valence electrons. The molecular weight excluding hydrogens is 367 g/mol. The van der Waals surface area contributed by atoms with E-state index in [1.54, 1.807) is 12.4 Å². The van der Waals surface area contributed by atoms with Crippen molar-refractivity contribution in [2.24, 2.45) is 0 Å². The molecule has 0 unspecified atom stereocenters. The van der Waals surface area contributed by atoms with Crippen LogP contribution >= 0.6 is 0 Å². The van der Waals surface area contributed by atoms with Crippen molar-refractivity contribution in [2.75, 3.05) is 25.5 Å². The van der Waals surface area contributed by atoms with Gasteiger partial charge >= 0.3 is 6.18 Å². The molecule has 8 heteroatoms. The van der Waals surface area contributed by atoms with Crippen LogP contribution in [0.1, 0.15) is 18.4 Å². The highest BCUT2D eigenvalue weighted by Gasteiger charge is 2.30. The van der Waals surface area contributed by atoms with Crippen LogP contribution in [0.15, 0.2) is 42.7 Å². The molecule has 3 heterocycles. The zero-order valence-corrected chi connectivity index (χ0v) is 15.4. The van der Waals surface area contributed by atoms with E-state index in [0.717, 1.165) is 48.8 Å². The summed E-state index contributed by atoms with van der Waals surface area (Å²) in [7, 11) is 2.09. The van der Waals surface area contributed by atoms with Gasteiger partial charge in [0.05, 0.1) is 5.56 Å². The number of benzene rings is 1. The lowest BCUT2D eigenvalue weighted by atomic mass is 10.0. The molecular formula is C20H20F3N5. The van der Waals surface area contributed by atoms with Gasteiger partial charge in [-0.2, -0.15) is 13.2 Å². The molecule has 0 aliphatic carbocycles. The fourth-order valence-corrected chi connectivity index (χ4v) is 3.61. The second kappa shape index (κ2) is 7.35. The number of halogens is 3. The van der Waals surface area contributed by atoms with E-state index in [1.807, 2.05) is 6.07 Å². The molecule has 1 N–H and O–H groups in total. The fraction of sp³-hybridized carbons (Fsp3) is 0.350. The second-order valence-corrected chi connectivity index (χ2v) is 7.14. The van der Waals surface area contributed by atoms with Gasteiger partial charge in [-0.3, -0.25) is 4.98 Å². The minimum absolute atomic E-state index is 0.272. The smallest absolute Gasteiger partial charge is 0.364 e. The number of nitrogens with one attached hydrogen (secondary N) is 1. The van der Waals surface area contributed by atoms with Crippen LogP contribution in [0.2, 0.25) is 0 Å². The van der Waals surface area contributed by atoms with Crippen LogP contribution in [0.3, 0.4) is 0 Å². The van der Waals surface area contributed by atoms with Crippen molar-refractivity contribution < 1.29 is 13.2 Å². The fourth-order valence-electron chi connectivity index (χ4n) is 3.61. The minimum Gasteiger partial charge on any atom is -0.364 e. The largest absolute Gasteiger partial charge is 0.416 e. The molecule has 0 radical (unpaired) electrons. The van der Waals surface area contributed by atoms with Crippen molar-refractivity contribution in [1.29, 1.82) is 0 Å². The molecule has 28 heavy (non-hydrogen) atoms. The third kappa shape index (κ3) is 3.77. The van der Waals surface area contributed by atoms with Crippen molar-refractivity contribution >= 4 is 16.6 Å². The summed E-state index contributed by atoms with van der Waals surface area (Å²) in [6, 6.07) is 7.07. The van der Waals surface area contributed by atoms with Crippen molar-refractivity contribution in [3.05, 3.63) is 48.3 Å². The number of alkyl halides is 3. The van der Waals surface area contributed by atoms with Crippen molar-refractivity contribution in [2.45, 2.75) is 25.1 Å². The van der Waals surface area contributed by atoms with Gasteiger partial charge < -0.3 is 10.2 Å². The quantitative estimate of drug-likeness (QED) is 0.729. The molecule has 0 saturated carbocycles. The third-order valence-electron chi connectivity index (χ3n) is 5.03. The lowest BCUT2D eigenvalue weighted by Gasteiger charge is -2.30. The zero-order valence-electron chi connectivity index (χ0n) is 15.4. The summed E-state index contributed by atoms with van der Waals surface area (Å²) in [5.74, 6) is 0.652. The third-order valence-corrected chi connectivity index (χ3v) is 5.03. The number of piperidine rings is 1. The number of anilines is 1. The van der Waals surface area contributed by atoms with E-state index in [1.165, 1.54) is 12.1 Å². The number of likely N-dealkylation sites (tertiary alicyclic amines) is 1. The predicted molar refractivity (Wildman–Crippen MR) is 102 cm³/mol. The maximum atomic E-state index is 12.8. The van der Waals surface area contributed by atoms with E-state index in [0.29, 0.717) is 17.1 Å². The van der Waals surface area contributed by atoms with Crippen molar-refractivity contribution in [3.63, 3.8) is 0 Å². The summed E-state index contributed by atoms with van der Waals surface area (Å²) in [6.45, 7) is 2.00. The maximum absolute atomic E-state index is 12.8. The first-order valence-electron chi connectivity index (χ1n) is 9.15. The summed E-state index contributed by atoms with van der Waals surface area (Å²) in [5.41, 5.74) is 0.438. The topological polar surface area (TPSA) is 53.9 Å². The summed E-state index contributed by atoms with van der Waals surface area (Å²) in [4.78, 5) is 6.47. The van der Waals surface area contributed by atoms with Gasteiger partial charge in [-0.1, -0.05) is 12.1 Å². The first-order chi connectivity index (χ1) is 13.4. The molecule has 1 saturated heterocycles. The number of likely N-dealkylation sites (N-methyl/N-ethyl adjacent to an activating group) is 1. The predicted octanol–water partition coefficient (Wildman–Crippen LogP) is 4.22. The molecule has 0 spiro atoms. The first kappa shape index (κ1) is 18.6.